The first kappa shape index (κ1) is 18.5. The second-order valence-corrected chi connectivity index (χ2v) is 6.67. The Balaban J connectivity index is 1.23. The molecule has 2 amide bonds. The number of nitrogens with zero attached hydrogens (tertiary/aromatic N) is 4. The van der Waals surface area contributed by atoms with Crippen molar-refractivity contribution < 1.29 is 9.53 Å². The summed E-state index contributed by atoms with van der Waals surface area (Å²) < 4.78 is 9.31. The van der Waals surface area contributed by atoms with Gasteiger partial charge in [-0.3, -0.25) is 4.68 Å². The predicted octanol–water partition coefficient (Wildman–Crippen LogP) is 3.09. The summed E-state index contributed by atoms with van der Waals surface area (Å²) in [7, 11) is 0. The molecule has 148 valence electrons. The van der Waals surface area contributed by atoms with Crippen molar-refractivity contribution in [1.29, 1.82) is 0 Å². The highest BCUT2D eigenvalue weighted by molar-refractivity contribution is 5.88. The lowest BCUT2D eigenvalue weighted by Gasteiger charge is -2.08. The normalized spacial score (nSPS) is 10.8. The third kappa shape index (κ3) is 4.92. The van der Waals surface area contributed by atoms with Crippen LogP contribution < -0.4 is 15.4 Å². The molecule has 3 heterocycles. The number of hydrogen-bond acceptors (Lipinski definition) is 4. The van der Waals surface area contributed by atoms with E-state index in [2.05, 4.69) is 20.7 Å². The lowest BCUT2D eigenvalue weighted by molar-refractivity contribution is 0.247. The highest BCUT2D eigenvalue weighted by Crippen LogP contribution is 2.12. The van der Waals surface area contributed by atoms with Crippen LogP contribution >= 0.6 is 0 Å². The van der Waals surface area contributed by atoms with E-state index >= 15 is 0 Å². The van der Waals surface area contributed by atoms with Crippen molar-refractivity contribution in [3.05, 3.63) is 78.5 Å². The van der Waals surface area contributed by atoms with Crippen LogP contribution in [0.1, 0.15) is 11.3 Å². The maximum atomic E-state index is 12.0. The van der Waals surface area contributed by atoms with E-state index in [0.29, 0.717) is 25.4 Å². The molecule has 2 N–H and O–H groups in total. The summed E-state index contributed by atoms with van der Waals surface area (Å²) in [6, 6.07) is 13.4. The maximum Gasteiger partial charge on any atom is 0.319 e. The zero-order valence-electron chi connectivity index (χ0n) is 16.1. The third-order valence-electron chi connectivity index (χ3n) is 4.27. The van der Waals surface area contributed by atoms with Crippen LogP contribution in [0.4, 0.5) is 10.5 Å². The minimum atomic E-state index is -0.301. The zero-order valence-corrected chi connectivity index (χ0v) is 16.1. The smallest absolute Gasteiger partial charge is 0.319 e. The van der Waals surface area contributed by atoms with Gasteiger partial charge in [-0.2, -0.15) is 5.10 Å². The number of rotatable bonds is 7. The first-order valence-corrected chi connectivity index (χ1v) is 9.35. The Bertz CT molecular complexity index is 1080. The Morgan fingerprint density at radius 3 is 2.97 bits per heavy atom. The molecule has 4 aromatic rings. The van der Waals surface area contributed by atoms with Gasteiger partial charge < -0.3 is 19.8 Å². The van der Waals surface area contributed by atoms with Gasteiger partial charge in [0.1, 0.15) is 18.0 Å². The first-order valence-electron chi connectivity index (χ1n) is 9.35. The van der Waals surface area contributed by atoms with E-state index in [-0.39, 0.29) is 6.03 Å². The van der Waals surface area contributed by atoms with E-state index in [1.807, 2.05) is 66.2 Å². The monoisotopic (exact) mass is 390 g/mol. The Kier molecular flexibility index (Phi) is 5.42. The molecule has 8 heteroatoms. The number of nitrogens with one attached hydrogen (secondary N) is 2. The minimum absolute atomic E-state index is 0.301. The molecule has 3 aromatic heterocycles. The molecule has 0 aliphatic heterocycles. The fourth-order valence-electron chi connectivity index (χ4n) is 2.96. The van der Waals surface area contributed by atoms with Gasteiger partial charge in [-0.25, -0.2) is 9.78 Å². The fraction of sp³-hybridized carbons (Fsp3) is 0.190. The van der Waals surface area contributed by atoms with Crippen LogP contribution in [0, 0.1) is 6.92 Å². The number of aromatic nitrogens is 4. The summed E-state index contributed by atoms with van der Waals surface area (Å²) in [5.74, 6) is 0.792. The molecule has 0 radical (unpaired) electrons. The number of pyridine rings is 1. The van der Waals surface area contributed by atoms with Gasteiger partial charge in [0, 0.05) is 18.6 Å². The van der Waals surface area contributed by atoms with E-state index in [1.165, 1.54) is 0 Å². The Labute approximate surface area is 168 Å². The number of aryl methyl sites for hydroxylation is 1. The SMILES string of the molecule is Cc1cccc(OCCNC(=O)Nc2cnn(Cc3cn4ccccc4n3)c2)c1. The molecule has 0 unspecified atom stereocenters. The molecule has 1 aromatic carbocycles. The lowest BCUT2D eigenvalue weighted by Crippen LogP contribution is -2.32. The van der Waals surface area contributed by atoms with Gasteiger partial charge in [-0.1, -0.05) is 18.2 Å². The summed E-state index contributed by atoms with van der Waals surface area (Å²) >= 11 is 0. The van der Waals surface area contributed by atoms with Gasteiger partial charge in [-0.15, -0.1) is 0 Å². The number of carbonyl (C=O) groups is 1. The Morgan fingerprint density at radius 1 is 1.17 bits per heavy atom. The fourth-order valence-corrected chi connectivity index (χ4v) is 2.96. The molecule has 29 heavy (non-hydrogen) atoms. The van der Waals surface area contributed by atoms with Crippen LogP contribution in [0.3, 0.4) is 0 Å². The number of hydrogen-bond donors (Lipinski definition) is 2. The quantitative estimate of drug-likeness (QED) is 0.475. The molecule has 0 aliphatic carbocycles. The van der Waals surface area contributed by atoms with Gasteiger partial charge in [0.2, 0.25) is 0 Å². The highest BCUT2D eigenvalue weighted by atomic mass is 16.5. The van der Waals surface area contributed by atoms with Crippen molar-refractivity contribution in [3.8, 4) is 5.75 Å². The summed E-state index contributed by atoms with van der Waals surface area (Å²) in [5.41, 5.74) is 3.53. The van der Waals surface area contributed by atoms with Crippen molar-refractivity contribution >= 4 is 17.4 Å². The van der Waals surface area contributed by atoms with Crippen LogP contribution in [0.25, 0.3) is 5.65 Å². The summed E-state index contributed by atoms with van der Waals surface area (Å²) in [4.78, 5) is 16.6. The van der Waals surface area contributed by atoms with E-state index in [9.17, 15) is 4.79 Å². The van der Waals surface area contributed by atoms with E-state index < -0.39 is 0 Å². The van der Waals surface area contributed by atoms with Crippen molar-refractivity contribution in [1.82, 2.24) is 24.5 Å². The number of anilines is 1. The highest BCUT2D eigenvalue weighted by Gasteiger charge is 2.06. The number of urea groups is 1. The molecular weight excluding hydrogens is 368 g/mol. The van der Waals surface area contributed by atoms with Gasteiger partial charge in [0.25, 0.3) is 0 Å². The molecule has 0 bridgehead atoms. The molecular formula is C21H22N6O2. The molecule has 0 fully saturated rings. The lowest BCUT2D eigenvalue weighted by atomic mass is 10.2. The third-order valence-corrected chi connectivity index (χ3v) is 4.27. The topological polar surface area (TPSA) is 85.5 Å². The largest absolute Gasteiger partial charge is 0.492 e. The van der Waals surface area contributed by atoms with E-state index in [1.54, 1.807) is 17.1 Å². The number of imidazole rings is 1. The summed E-state index contributed by atoms with van der Waals surface area (Å²) in [6.07, 6.45) is 7.30. The maximum absolute atomic E-state index is 12.0. The van der Waals surface area contributed by atoms with E-state index in [4.69, 9.17) is 4.74 Å². The predicted molar refractivity (Wildman–Crippen MR) is 110 cm³/mol. The molecule has 4 rings (SSSR count). The van der Waals surface area contributed by atoms with Gasteiger partial charge >= 0.3 is 6.03 Å². The first-order chi connectivity index (χ1) is 14.2. The second kappa shape index (κ2) is 8.47. The zero-order chi connectivity index (χ0) is 20.1. The van der Waals surface area contributed by atoms with Gasteiger partial charge in [0.05, 0.1) is 30.7 Å². The van der Waals surface area contributed by atoms with Crippen molar-refractivity contribution in [2.75, 3.05) is 18.5 Å². The number of carbonyl (C=O) groups excluding carboxylic acids is 1. The van der Waals surface area contributed by atoms with Crippen LogP contribution in [0.5, 0.6) is 5.75 Å². The Hall–Kier alpha value is -3.81. The number of fused-ring (bicyclic) bond motifs is 1. The molecule has 0 saturated heterocycles. The van der Waals surface area contributed by atoms with Crippen molar-refractivity contribution in [2.24, 2.45) is 0 Å². The van der Waals surface area contributed by atoms with Crippen molar-refractivity contribution in [3.63, 3.8) is 0 Å². The number of benzene rings is 1. The molecule has 0 atom stereocenters. The molecule has 0 spiro atoms. The second-order valence-electron chi connectivity index (χ2n) is 6.67. The van der Waals surface area contributed by atoms with Gasteiger partial charge in [-0.05, 0) is 36.8 Å². The summed E-state index contributed by atoms with van der Waals surface area (Å²) in [5, 5.41) is 9.81. The van der Waals surface area contributed by atoms with E-state index in [0.717, 1.165) is 22.7 Å². The standard InChI is InChI=1S/C21H22N6O2/c1-16-5-4-6-19(11-16)29-10-8-22-21(28)25-17-12-23-27(14-17)15-18-13-26-9-3-2-7-20(26)24-18/h2-7,9,11-14H,8,10,15H2,1H3,(H2,22,25,28). The van der Waals surface area contributed by atoms with Crippen LogP contribution in [-0.2, 0) is 6.54 Å². The minimum Gasteiger partial charge on any atom is -0.492 e. The average Bonchev–Trinajstić information content (AvgIpc) is 3.31. The van der Waals surface area contributed by atoms with Crippen LogP contribution in [0.15, 0.2) is 67.3 Å². The molecule has 8 nitrogen and oxygen atoms in total. The Morgan fingerprint density at radius 2 is 2.10 bits per heavy atom. The van der Waals surface area contributed by atoms with Gasteiger partial charge in [0.15, 0.2) is 0 Å². The molecule has 0 saturated carbocycles. The molecule has 0 aliphatic rings. The van der Waals surface area contributed by atoms with Crippen LogP contribution in [-0.4, -0.2) is 38.3 Å². The average molecular weight is 390 g/mol. The van der Waals surface area contributed by atoms with Crippen LogP contribution in [0.2, 0.25) is 0 Å². The van der Waals surface area contributed by atoms with Crippen molar-refractivity contribution in [2.45, 2.75) is 13.5 Å². The summed E-state index contributed by atoms with van der Waals surface area (Å²) in [6.45, 7) is 3.32. The number of amides is 2. The number of ether oxygens (including phenoxy) is 1.